The van der Waals surface area contributed by atoms with Gasteiger partial charge in [-0.1, -0.05) is 37.6 Å². The van der Waals surface area contributed by atoms with Crippen molar-refractivity contribution in [1.82, 2.24) is 0 Å². The maximum Gasteiger partial charge on any atom is -0.00741 e. The Morgan fingerprint density at radius 3 is 1.80 bits per heavy atom. The number of nitrogens with two attached hydrogens (primary N) is 1. The van der Waals surface area contributed by atoms with Crippen LogP contribution in [0.5, 0.6) is 0 Å². The van der Waals surface area contributed by atoms with E-state index in [0.717, 1.165) is 19.4 Å². The highest BCUT2D eigenvalue weighted by molar-refractivity contribution is 5.85. The fourth-order valence-corrected chi connectivity index (χ4v) is 1.56. The molecule has 15 heavy (non-hydrogen) atoms. The number of hydrogen-bond acceptors (Lipinski definition) is 1. The van der Waals surface area contributed by atoms with E-state index in [2.05, 4.69) is 31.2 Å². The van der Waals surface area contributed by atoms with Gasteiger partial charge in [-0.05, 0) is 43.4 Å². The van der Waals surface area contributed by atoms with Crippen molar-refractivity contribution in [3.8, 4) is 0 Å². The molecule has 0 heterocycles. The summed E-state index contributed by atoms with van der Waals surface area (Å²) in [6, 6.07) is 8.98. The first-order chi connectivity index (χ1) is 6.86. The summed E-state index contributed by atoms with van der Waals surface area (Å²) in [5.41, 5.74) is 8.35. The van der Waals surface area contributed by atoms with E-state index in [1.54, 1.807) is 0 Å². The van der Waals surface area contributed by atoms with E-state index >= 15 is 0 Å². The van der Waals surface area contributed by atoms with Gasteiger partial charge in [-0.25, -0.2) is 0 Å². The molecule has 0 saturated heterocycles. The monoisotopic (exact) mass is 227 g/mol. The summed E-state index contributed by atoms with van der Waals surface area (Å²) < 4.78 is 0. The van der Waals surface area contributed by atoms with Gasteiger partial charge < -0.3 is 5.73 Å². The molecule has 0 aromatic heterocycles. The second-order valence-electron chi connectivity index (χ2n) is 3.81. The van der Waals surface area contributed by atoms with Crippen LogP contribution in [0.25, 0.3) is 0 Å². The van der Waals surface area contributed by atoms with Gasteiger partial charge in [0.2, 0.25) is 0 Å². The third-order valence-electron chi connectivity index (χ3n) is 2.51. The fourth-order valence-electron chi connectivity index (χ4n) is 1.56. The van der Waals surface area contributed by atoms with Gasteiger partial charge in [0, 0.05) is 0 Å². The smallest absolute Gasteiger partial charge is 0.00741 e. The Hall–Kier alpha value is -0.530. The first kappa shape index (κ1) is 14.5. The second-order valence-corrected chi connectivity index (χ2v) is 3.81. The van der Waals surface area contributed by atoms with Crippen LogP contribution in [0.1, 0.15) is 37.3 Å². The molecule has 1 aromatic carbocycles. The van der Waals surface area contributed by atoms with Gasteiger partial charge in [0.25, 0.3) is 0 Å². The van der Waals surface area contributed by atoms with Crippen molar-refractivity contribution in [2.75, 3.05) is 6.54 Å². The predicted octanol–water partition coefficient (Wildman–Crippen LogP) is 3.34. The van der Waals surface area contributed by atoms with Crippen LogP contribution in [0, 0.1) is 0 Å². The van der Waals surface area contributed by atoms with Crippen molar-refractivity contribution in [2.24, 2.45) is 5.73 Å². The van der Waals surface area contributed by atoms with Gasteiger partial charge in [0.05, 0.1) is 0 Å². The minimum absolute atomic E-state index is 0. The molecule has 0 aliphatic carbocycles. The average molecular weight is 228 g/mol. The Labute approximate surface area is 99.5 Å². The highest BCUT2D eigenvalue weighted by atomic mass is 35.5. The van der Waals surface area contributed by atoms with E-state index in [1.807, 2.05) is 0 Å². The minimum Gasteiger partial charge on any atom is -0.330 e. The zero-order valence-electron chi connectivity index (χ0n) is 9.54. The average Bonchev–Trinajstić information content (AvgIpc) is 2.25. The highest BCUT2D eigenvalue weighted by Crippen LogP contribution is 2.09. The van der Waals surface area contributed by atoms with Crippen LogP contribution in [0.4, 0.5) is 0 Å². The maximum absolute atomic E-state index is 5.47. The molecule has 0 radical (unpaired) electrons. The highest BCUT2D eigenvalue weighted by Gasteiger charge is 1.94. The molecule has 0 fully saturated rings. The lowest BCUT2D eigenvalue weighted by Gasteiger charge is -2.02. The first-order valence-electron chi connectivity index (χ1n) is 5.64. The van der Waals surface area contributed by atoms with Crippen molar-refractivity contribution < 1.29 is 0 Å². The molecule has 1 nitrogen and oxygen atoms in total. The summed E-state index contributed by atoms with van der Waals surface area (Å²) in [4.78, 5) is 0. The summed E-state index contributed by atoms with van der Waals surface area (Å²) in [6.45, 7) is 3.02. The summed E-state index contributed by atoms with van der Waals surface area (Å²) in [7, 11) is 0. The number of rotatable bonds is 6. The molecule has 0 aliphatic heterocycles. The molecule has 1 rings (SSSR count). The molecule has 0 atom stereocenters. The zero-order chi connectivity index (χ0) is 10.2. The number of benzene rings is 1. The van der Waals surface area contributed by atoms with Crippen LogP contribution >= 0.6 is 12.4 Å². The molecule has 0 saturated carbocycles. The topological polar surface area (TPSA) is 26.0 Å². The Morgan fingerprint density at radius 2 is 1.40 bits per heavy atom. The van der Waals surface area contributed by atoms with Crippen LogP contribution in [0.3, 0.4) is 0 Å². The lowest BCUT2D eigenvalue weighted by molar-refractivity contribution is 0.793. The maximum atomic E-state index is 5.47. The summed E-state index contributed by atoms with van der Waals surface area (Å²) in [5.74, 6) is 0. The standard InChI is InChI=1S/C13H21N.ClH/c1-2-3-5-12-7-9-13(10-8-12)6-4-11-14;/h7-10H,2-6,11,14H2,1H3;1H. The molecule has 2 heteroatoms. The van der Waals surface area contributed by atoms with E-state index < -0.39 is 0 Å². The van der Waals surface area contributed by atoms with Gasteiger partial charge in [-0.3, -0.25) is 0 Å². The molecular weight excluding hydrogens is 206 g/mol. The molecule has 0 bridgehead atoms. The van der Waals surface area contributed by atoms with E-state index in [4.69, 9.17) is 5.73 Å². The van der Waals surface area contributed by atoms with Crippen molar-refractivity contribution >= 4 is 12.4 Å². The molecular formula is C13H22ClN. The Balaban J connectivity index is 0.00000196. The molecule has 0 unspecified atom stereocenters. The number of hydrogen-bond donors (Lipinski definition) is 1. The number of halogens is 1. The Morgan fingerprint density at radius 1 is 0.933 bits per heavy atom. The third-order valence-corrected chi connectivity index (χ3v) is 2.51. The largest absolute Gasteiger partial charge is 0.330 e. The first-order valence-corrected chi connectivity index (χ1v) is 5.64. The summed E-state index contributed by atoms with van der Waals surface area (Å²) in [6.07, 6.45) is 5.99. The SMILES string of the molecule is CCCCc1ccc(CCCN)cc1.Cl. The van der Waals surface area contributed by atoms with Gasteiger partial charge in [0.1, 0.15) is 0 Å². The fraction of sp³-hybridized carbons (Fsp3) is 0.538. The van der Waals surface area contributed by atoms with Crippen LogP contribution in [0.15, 0.2) is 24.3 Å². The molecule has 2 N–H and O–H groups in total. The lowest BCUT2D eigenvalue weighted by Crippen LogP contribution is -2.00. The second kappa shape index (κ2) is 8.75. The van der Waals surface area contributed by atoms with Crippen LogP contribution in [0.2, 0.25) is 0 Å². The van der Waals surface area contributed by atoms with Gasteiger partial charge in [-0.15, -0.1) is 12.4 Å². The van der Waals surface area contributed by atoms with Gasteiger partial charge in [-0.2, -0.15) is 0 Å². The van der Waals surface area contributed by atoms with Crippen molar-refractivity contribution in [3.05, 3.63) is 35.4 Å². The van der Waals surface area contributed by atoms with E-state index in [1.165, 1.54) is 30.4 Å². The summed E-state index contributed by atoms with van der Waals surface area (Å²) >= 11 is 0. The number of aryl methyl sites for hydroxylation is 2. The number of unbranched alkanes of at least 4 members (excludes halogenated alkanes) is 1. The minimum atomic E-state index is 0. The molecule has 0 aliphatic rings. The molecule has 0 spiro atoms. The Bertz CT molecular complexity index is 216. The quantitative estimate of drug-likeness (QED) is 0.793. The lowest BCUT2D eigenvalue weighted by atomic mass is 10.0. The molecule has 1 aromatic rings. The van der Waals surface area contributed by atoms with Crippen molar-refractivity contribution in [1.29, 1.82) is 0 Å². The van der Waals surface area contributed by atoms with E-state index in [0.29, 0.717) is 0 Å². The summed E-state index contributed by atoms with van der Waals surface area (Å²) in [5, 5.41) is 0. The van der Waals surface area contributed by atoms with Crippen LogP contribution in [-0.4, -0.2) is 6.54 Å². The van der Waals surface area contributed by atoms with Gasteiger partial charge >= 0.3 is 0 Å². The van der Waals surface area contributed by atoms with Crippen molar-refractivity contribution in [3.63, 3.8) is 0 Å². The predicted molar refractivity (Wildman–Crippen MR) is 69.7 cm³/mol. The molecule has 86 valence electrons. The third kappa shape index (κ3) is 5.81. The van der Waals surface area contributed by atoms with E-state index in [9.17, 15) is 0 Å². The van der Waals surface area contributed by atoms with E-state index in [-0.39, 0.29) is 12.4 Å². The normalized spacial score (nSPS) is 9.73. The van der Waals surface area contributed by atoms with Crippen LogP contribution < -0.4 is 5.73 Å². The Kier molecular flexibility index (Phi) is 8.44. The van der Waals surface area contributed by atoms with Gasteiger partial charge in [0.15, 0.2) is 0 Å². The zero-order valence-corrected chi connectivity index (χ0v) is 10.4. The molecule has 0 amide bonds. The van der Waals surface area contributed by atoms with Crippen molar-refractivity contribution in [2.45, 2.75) is 39.0 Å². The van der Waals surface area contributed by atoms with Crippen LogP contribution in [-0.2, 0) is 12.8 Å².